The molecule has 0 aliphatic heterocycles. The van der Waals surface area contributed by atoms with Crippen molar-refractivity contribution in [3.05, 3.63) is 0 Å². The van der Waals surface area contributed by atoms with Crippen LogP contribution in [0, 0.1) is 5.92 Å². The van der Waals surface area contributed by atoms with Gasteiger partial charge >= 0.3 is 5.97 Å². The molecule has 0 aromatic heterocycles. The summed E-state index contributed by atoms with van der Waals surface area (Å²) in [5, 5.41) is 13.8. The average molecular weight is 188 g/mol. The number of amides is 1. The van der Waals surface area contributed by atoms with E-state index in [9.17, 15) is 9.59 Å². The highest BCUT2D eigenvalue weighted by Gasteiger charge is 2.10. The number of aliphatic carboxylic acids is 1. The quantitative estimate of drug-likeness (QED) is 0.521. The number of rotatable bonds is 6. The summed E-state index contributed by atoms with van der Waals surface area (Å²) in [4.78, 5) is 21.2. The number of carboxylic acid groups (broad SMARTS) is 1. The van der Waals surface area contributed by atoms with Crippen LogP contribution < -0.4 is 10.6 Å². The first-order valence-corrected chi connectivity index (χ1v) is 4.22. The number of carboxylic acids is 1. The highest BCUT2D eigenvalue weighted by atomic mass is 16.4. The van der Waals surface area contributed by atoms with Crippen molar-refractivity contribution in [3.8, 4) is 0 Å². The third-order valence-corrected chi connectivity index (χ3v) is 1.66. The second-order valence-corrected chi connectivity index (χ2v) is 2.91. The van der Waals surface area contributed by atoms with Crippen LogP contribution in [0.5, 0.6) is 0 Å². The minimum atomic E-state index is -0.831. The van der Waals surface area contributed by atoms with Crippen LogP contribution in [0.25, 0.3) is 0 Å². The third-order valence-electron chi connectivity index (χ3n) is 1.66. The number of hydrogen-bond donors (Lipinski definition) is 3. The average Bonchev–Trinajstić information content (AvgIpc) is 2.04. The lowest BCUT2D eigenvalue weighted by Crippen LogP contribution is -2.33. The molecular formula is C8H16N2O3. The summed E-state index contributed by atoms with van der Waals surface area (Å²) < 4.78 is 0. The first kappa shape index (κ1) is 11.9. The molecular weight excluding hydrogens is 172 g/mol. The maximum Gasteiger partial charge on any atom is 0.306 e. The fourth-order valence-corrected chi connectivity index (χ4v) is 0.775. The van der Waals surface area contributed by atoms with Gasteiger partial charge in [0.1, 0.15) is 0 Å². The van der Waals surface area contributed by atoms with Gasteiger partial charge in [0.05, 0.1) is 12.5 Å². The molecule has 0 radical (unpaired) electrons. The molecule has 0 bridgehead atoms. The molecule has 0 saturated carbocycles. The zero-order valence-electron chi connectivity index (χ0n) is 7.96. The largest absolute Gasteiger partial charge is 0.481 e. The van der Waals surface area contributed by atoms with E-state index in [-0.39, 0.29) is 12.5 Å². The maximum absolute atomic E-state index is 10.9. The summed E-state index contributed by atoms with van der Waals surface area (Å²) in [5.41, 5.74) is 0. The molecule has 0 aromatic rings. The molecule has 0 heterocycles. The maximum atomic E-state index is 10.9. The lowest BCUT2D eigenvalue weighted by molar-refractivity contribution is -0.141. The van der Waals surface area contributed by atoms with Gasteiger partial charge in [-0.25, -0.2) is 0 Å². The van der Waals surface area contributed by atoms with Gasteiger partial charge in [0, 0.05) is 6.54 Å². The second kappa shape index (κ2) is 6.42. The van der Waals surface area contributed by atoms with Crippen molar-refractivity contribution >= 4 is 11.9 Å². The van der Waals surface area contributed by atoms with E-state index in [4.69, 9.17) is 5.11 Å². The van der Waals surface area contributed by atoms with E-state index in [1.165, 1.54) is 0 Å². The Morgan fingerprint density at radius 3 is 2.54 bits per heavy atom. The summed E-state index contributed by atoms with van der Waals surface area (Å²) in [7, 11) is 1.68. The topological polar surface area (TPSA) is 78.4 Å². The molecule has 13 heavy (non-hydrogen) atoms. The van der Waals surface area contributed by atoms with Crippen molar-refractivity contribution in [1.29, 1.82) is 0 Å². The van der Waals surface area contributed by atoms with Crippen LogP contribution in [-0.4, -0.2) is 37.1 Å². The van der Waals surface area contributed by atoms with Crippen molar-refractivity contribution in [2.75, 3.05) is 20.1 Å². The van der Waals surface area contributed by atoms with Gasteiger partial charge in [0.15, 0.2) is 0 Å². The van der Waals surface area contributed by atoms with E-state index in [1.807, 2.05) is 0 Å². The third kappa shape index (κ3) is 6.10. The molecule has 0 rings (SSSR count). The van der Waals surface area contributed by atoms with Crippen LogP contribution in [0.2, 0.25) is 0 Å². The normalized spacial score (nSPS) is 12.2. The Morgan fingerprint density at radius 2 is 2.08 bits per heavy atom. The Hall–Kier alpha value is -1.10. The van der Waals surface area contributed by atoms with Crippen LogP contribution in [0.3, 0.4) is 0 Å². The number of carbonyl (C=O) groups excluding carboxylic acids is 1. The molecule has 0 aliphatic rings. The van der Waals surface area contributed by atoms with E-state index in [2.05, 4.69) is 10.6 Å². The fraction of sp³-hybridized carbons (Fsp3) is 0.750. The summed E-state index contributed by atoms with van der Waals surface area (Å²) >= 11 is 0. The predicted octanol–water partition coefficient (Wildman–Crippen LogP) is -0.567. The van der Waals surface area contributed by atoms with Crippen LogP contribution >= 0.6 is 0 Å². The van der Waals surface area contributed by atoms with Crippen LogP contribution in [-0.2, 0) is 9.59 Å². The summed E-state index contributed by atoms with van der Waals surface area (Å²) in [6.07, 6.45) is 0.463. The number of hydrogen-bond acceptors (Lipinski definition) is 3. The molecule has 0 fully saturated rings. The molecule has 5 heteroatoms. The molecule has 0 aliphatic carbocycles. The van der Waals surface area contributed by atoms with Gasteiger partial charge in [0.25, 0.3) is 0 Å². The molecule has 0 saturated heterocycles. The standard InChI is InChI=1S/C8H16N2O3/c1-6(8(12)13)3-4-10-7(11)5-9-2/h6,9H,3-5H2,1-2H3,(H,10,11)(H,12,13). The first-order chi connectivity index (χ1) is 6.07. The fourth-order valence-electron chi connectivity index (χ4n) is 0.775. The monoisotopic (exact) mass is 188 g/mol. The Morgan fingerprint density at radius 1 is 1.46 bits per heavy atom. The van der Waals surface area contributed by atoms with Crippen molar-refractivity contribution < 1.29 is 14.7 Å². The van der Waals surface area contributed by atoms with Crippen molar-refractivity contribution in [2.24, 2.45) is 5.92 Å². The number of nitrogens with one attached hydrogen (secondary N) is 2. The van der Waals surface area contributed by atoms with Gasteiger partial charge in [-0.3, -0.25) is 9.59 Å². The molecule has 1 unspecified atom stereocenters. The van der Waals surface area contributed by atoms with Gasteiger partial charge in [-0.15, -0.1) is 0 Å². The van der Waals surface area contributed by atoms with Crippen LogP contribution in [0.15, 0.2) is 0 Å². The SMILES string of the molecule is CNCC(=O)NCCC(C)C(=O)O. The molecule has 0 aromatic carbocycles. The van der Waals surface area contributed by atoms with E-state index in [0.29, 0.717) is 13.0 Å². The van der Waals surface area contributed by atoms with Crippen LogP contribution in [0.4, 0.5) is 0 Å². The summed E-state index contributed by atoms with van der Waals surface area (Å²) in [5.74, 6) is -1.35. The van der Waals surface area contributed by atoms with Gasteiger partial charge in [-0.1, -0.05) is 6.92 Å². The van der Waals surface area contributed by atoms with Gasteiger partial charge in [0.2, 0.25) is 5.91 Å². The molecule has 0 spiro atoms. The van der Waals surface area contributed by atoms with Gasteiger partial charge < -0.3 is 15.7 Å². The Kier molecular flexibility index (Phi) is 5.88. The van der Waals surface area contributed by atoms with E-state index >= 15 is 0 Å². The number of carbonyl (C=O) groups is 2. The Balaban J connectivity index is 3.44. The molecule has 76 valence electrons. The molecule has 1 atom stereocenters. The molecule has 3 N–H and O–H groups in total. The predicted molar refractivity (Wildman–Crippen MR) is 48.4 cm³/mol. The lowest BCUT2D eigenvalue weighted by atomic mass is 10.1. The van der Waals surface area contributed by atoms with Gasteiger partial charge in [-0.2, -0.15) is 0 Å². The Bertz CT molecular complexity index is 182. The zero-order chi connectivity index (χ0) is 10.3. The van der Waals surface area contributed by atoms with Crippen molar-refractivity contribution in [2.45, 2.75) is 13.3 Å². The molecule has 1 amide bonds. The van der Waals surface area contributed by atoms with E-state index in [0.717, 1.165) is 0 Å². The molecule has 5 nitrogen and oxygen atoms in total. The smallest absolute Gasteiger partial charge is 0.306 e. The van der Waals surface area contributed by atoms with Gasteiger partial charge in [-0.05, 0) is 13.5 Å². The number of likely N-dealkylation sites (N-methyl/N-ethyl adjacent to an activating group) is 1. The highest BCUT2D eigenvalue weighted by Crippen LogP contribution is 1.99. The minimum absolute atomic E-state index is 0.111. The van der Waals surface area contributed by atoms with E-state index in [1.54, 1.807) is 14.0 Å². The summed E-state index contributed by atoms with van der Waals surface area (Å²) in [6.45, 7) is 2.29. The minimum Gasteiger partial charge on any atom is -0.481 e. The van der Waals surface area contributed by atoms with Crippen molar-refractivity contribution in [3.63, 3.8) is 0 Å². The second-order valence-electron chi connectivity index (χ2n) is 2.91. The lowest BCUT2D eigenvalue weighted by Gasteiger charge is -2.07. The Labute approximate surface area is 77.5 Å². The van der Waals surface area contributed by atoms with Crippen LogP contribution in [0.1, 0.15) is 13.3 Å². The summed E-state index contributed by atoms with van der Waals surface area (Å²) in [6, 6.07) is 0. The van der Waals surface area contributed by atoms with E-state index < -0.39 is 11.9 Å². The van der Waals surface area contributed by atoms with Crippen molar-refractivity contribution in [1.82, 2.24) is 10.6 Å². The first-order valence-electron chi connectivity index (χ1n) is 4.22. The zero-order valence-corrected chi connectivity index (χ0v) is 7.96. The highest BCUT2D eigenvalue weighted by molar-refractivity contribution is 5.78.